The van der Waals surface area contributed by atoms with E-state index in [0.717, 1.165) is 29.0 Å². The standard InChI is InChI=1S/C15H16FN3OS/c16-10-3-1-2-9(6-10)7-19-5-4-11-12(8-19)21-15(18)13(11)14(17)20/h1-3,6H,4-5,7-8,18H2,(H2,17,20). The fourth-order valence-corrected chi connectivity index (χ4v) is 3.94. The Morgan fingerprint density at radius 1 is 1.43 bits per heavy atom. The Morgan fingerprint density at radius 3 is 2.95 bits per heavy atom. The molecule has 110 valence electrons. The largest absolute Gasteiger partial charge is 0.390 e. The molecule has 1 aliphatic rings. The predicted octanol–water partition coefficient (Wildman–Crippen LogP) is 2.13. The summed E-state index contributed by atoms with van der Waals surface area (Å²) < 4.78 is 13.2. The maximum Gasteiger partial charge on any atom is 0.251 e. The lowest BCUT2D eigenvalue weighted by Gasteiger charge is -2.27. The summed E-state index contributed by atoms with van der Waals surface area (Å²) in [5, 5.41) is 0.500. The highest BCUT2D eigenvalue weighted by Crippen LogP contribution is 2.35. The average molecular weight is 305 g/mol. The first-order valence-electron chi connectivity index (χ1n) is 6.71. The minimum absolute atomic E-state index is 0.221. The molecule has 4 nitrogen and oxygen atoms in total. The summed E-state index contributed by atoms with van der Waals surface area (Å²) in [6.07, 6.45) is 0.747. The molecule has 1 aromatic heterocycles. The number of carbonyl (C=O) groups is 1. The topological polar surface area (TPSA) is 72.3 Å². The van der Waals surface area contributed by atoms with Crippen molar-refractivity contribution in [2.45, 2.75) is 19.5 Å². The molecule has 1 aliphatic heterocycles. The van der Waals surface area contributed by atoms with Crippen molar-refractivity contribution in [1.29, 1.82) is 0 Å². The summed E-state index contributed by atoms with van der Waals surface area (Å²) in [6.45, 7) is 2.20. The van der Waals surface area contributed by atoms with Gasteiger partial charge in [0.1, 0.15) is 5.82 Å². The number of benzene rings is 1. The monoisotopic (exact) mass is 305 g/mol. The summed E-state index contributed by atoms with van der Waals surface area (Å²) in [6, 6.07) is 6.62. The van der Waals surface area contributed by atoms with E-state index in [1.54, 1.807) is 12.1 Å². The van der Waals surface area contributed by atoms with Crippen LogP contribution in [0.4, 0.5) is 9.39 Å². The van der Waals surface area contributed by atoms with Gasteiger partial charge in [-0.25, -0.2) is 4.39 Å². The van der Waals surface area contributed by atoms with Gasteiger partial charge >= 0.3 is 0 Å². The minimum Gasteiger partial charge on any atom is -0.390 e. The van der Waals surface area contributed by atoms with E-state index in [4.69, 9.17) is 11.5 Å². The second kappa shape index (κ2) is 5.46. The number of carbonyl (C=O) groups excluding carboxylic acids is 1. The lowest BCUT2D eigenvalue weighted by molar-refractivity contribution is 0.1000. The van der Waals surface area contributed by atoms with Crippen LogP contribution in [0.15, 0.2) is 24.3 Å². The molecule has 0 fully saturated rings. The van der Waals surface area contributed by atoms with Gasteiger partial charge in [-0.3, -0.25) is 9.69 Å². The number of hydrogen-bond acceptors (Lipinski definition) is 4. The van der Waals surface area contributed by atoms with Crippen LogP contribution in [-0.4, -0.2) is 17.4 Å². The molecule has 0 aliphatic carbocycles. The fraction of sp³-hybridized carbons (Fsp3) is 0.267. The van der Waals surface area contributed by atoms with E-state index >= 15 is 0 Å². The first kappa shape index (κ1) is 14.0. The van der Waals surface area contributed by atoms with Crippen LogP contribution in [0.25, 0.3) is 0 Å². The van der Waals surface area contributed by atoms with Gasteiger partial charge in [-0.15, -0.1) is 11.3 Å². The van der Waals surface area contributed by atoms with E-state index < -0.39 is 5.91 Å². The van der Waals surface area contributed by atoms with Crippen molar-refractivity contribution in [3.8, 4) is 0 Å². The van der Waals surface area contributed by atoms with Crippen molar-refractivity contribution in [1.82, 2.24) is 4.90 Å². The zero-order chi connectivity index (χ0) is 15.0. The maximum atomic E-state index is 13.2. The molecule has 0 atom stereocenters. The number of halogens is 1. The Morgan fingerprint density at radius 2 is 2.24 bits per heavy atom. The van der Waals surface area contributed by atoms with Crippen molar-refractivity contribution < 1.29 is 9.18 Å². The van der Waals surface area contributed by atoms with Crippen LogP contribution in [0, 0.1) is 5.82 Å². The first-order chi connectivity index (χ1) is 10.0. The minimum atomic E-state index is -0.455. The number of nitrogens with two attached hydrogens (primary N) is 2. The predicted molar refractivity (Wildman–Crippen MR) is 81.5 cm³/mol. The molecule has 0 bridgehead atoms. The number of primary amides is 1. The molecule has 0 spiro atoms. The molecule has 0 unspecified atom stereocenters. The van der Waals surface area contributed by atoms with E-state index in [1.807, 2.05) is 6.07 Å². The molecule has 1 amide bonds. The van der Waals surface area contributed by atoms with Gasteiger partial charge in [0, 0.05) is 24.5 Å². The van der Waals surface area contributed by atoms with Gasteiger partial charge in [0.15, 0.2) is 0 Å². The zero-order valence-corrected chi connectivity index (χ0v) is 12.3. The van der Waals surface area contributed by atoms with Crippen LogP contribution in [0.3, 0.4) is 0 Å². The van der Waals surface area contributed by atoms with Gasteiger partial charge in [0.25, 0.3) is 5.91 Å². The first-order valence-corrected chi connectivity index (χ1v) is 7.53. The van der Waals surface area contributed by atoms with Gasteiger partial charge in [-0.2, -0.15) is 0 Å². The second-order valence-corrected chi connectivity index (χ2v) is 6.33. The lowest BCUT2D eigenvalue weighted by atomic mass is 10.0. The average Bonchev–Trinajstić information content (AvgIpc) is 2.74. The van der Waals surface area contributed by atoms with Crippen LogP contribution in [0.1, 0.15) is 26.4 Å². The third-order valence-corrected chi connectivity index (χ3v) is 4.75. The van der Waals surface area contributed by atoms with Crippen LogP contribution in [0.5, 0.6) is 0 Å². The molecule has 0 saturated heterocycles. The number of rotatable bonds is 3. The number of anilines is 1. The summed E-state index contributed by atoms with van der Waals surface area (Å²) in [5.74, 6) is -0.676. The van der Waals surface area contributed by atoms with E-state index in [0.29, 0.717) is 23.7 Å². The van der Waals surface area contributed by atoms with Gasteiger partial charge in [0.05, 0.1) is 10.6 Å². The Balaban J connectivity index is 1.79. The fourth-order valence-electron chi connectivity index (χ4n) is 2.78. The number of hydrogen-bond donors (Lipinski definition) is 2. The Kier molecular flexibility index (Phi) is 3.65. The smallest absolute Gasteiger partial charge is 0.251 e. The molecule has 2 heterocycles. The van der Waals surface area contributed by atoms with E-state index in [2.05, 4.69) is 4.90 Å². The number of nitrogen functional groups attached to an aromatic ring is 1. The normalized spacial score (nSPS) is 14.9. The highest BCUT2D eigenvalue weighted by molar-refractivity contribution is 7.16. The van der Waals surface area contributed by atoms with Gasteiger partial charge < -0.3 is 11.5 Å². The second-order valence-electron chi connectivity index (χ2n) is 5.20. The van der Waals surface area contributed by atoms with Crippen LogP contribution < -0.4 is 11.5 Å². The molecule has 3 rings (SSSR count). The molecular formula is C15H16FN3OS. The zero-order valence-electron chi connectivity index (χ0n) is 11.4. The number of fused-ring (bicyclic) bond motifs is 1. The molecule has 0 radical (unpaired) electrons. The van der Waals surface area contributed by atoms with Crippen molar-refractivity contribution >= 4 is 22.2 Å². The van der Waals surface area contributed by atoms with Crippen LogP contribution in [-0.2, 0) is 19.5 Å². The van der Waals surface area contributed by atoms with Gasteiger partial charge in [-0.05, 0) is 29.7 Å². The van der Waals surface area contributed by atoms with Gasteiger partial charge in [-0.1, -0.05) is 12.1 Å². The molecule has 2 aromatic rings. The van der Waals surface area contributed by atoms with E-state index in [1.165, 1.54) is 17.4 Å². The Hall–Kier alpha value is -1.92. The molecule has 0 saturated carbocycles. The highest BCUT2D eigenvalue weighted by atomic mass is 32.1. The third-order valence-electron chi connectivity index (χ3n) is 3.70. The maximum absolute atomic E-state index is 13.2. The highest BCUT2D eigenvalue weighted by Gasteiger charge is 2.25. The quantitative estimate of drug-likeness (QED) is 0.912. The molecule has 1 aromatic carbocycles. The summed E-state index contributed by atoms with van der Waals surface area (Å²) >= 11 is 1.42. The van der Waals surface area contributed by atoms with Crippen LogP contribution in [0.2, 0.25) is 0 Å². The third kappa shape index (κ3) is 2.77. The van der Waals surface area contributed by atoms with Crippen molar-refractivity contribution in [2.24, 2.45) is 5.73 Å². The van der Waals surface area contributed by atoms with Crippen LogP contribution >= 0.6 is 11.3 Å². The SMILES string of the molecule is NC(=O)c1c(N)sc2c1CCN(Cc1cccc(F)c1)C2. The number of amides is 1. The Bertz CT molecular complexity index is 698. The van der Waals surface area contributed by atoms with Gasteiger partial charge in [0.2, 0.25) is 0 Å². The molecule has 4 N–H and O–H groups in total. The molecular weight excluding hydrogens is 289 g/mol. The molecule has 21 heavy (non-hydrogen) atoms. The van der Waals surface area contributed by atoms with Crippen molar-refractivity contribution in [2.75, 3.05) is 12.3 Å². The molecule has 6 heteroatoms. The number of nitrogens with zero attached hydrogens (tertiary/aromatic N) is 1. The number of thiophene rings is 1. The van der Waals surface area contributed by atoms with E-state index in [-0.39, 0.29) is 5.82 Å². The van der Waals surface area contributed by atoms with Crippen molar-refractivity contribution in [3.05, 3.63) is 51.7 Å². The Labute approximate surface area is 126 Å². The summed E-state index contributed by atoms with van der Waals surface area (Å²) in [7, 11) is 0. The summed E-state index contributed by atoms with van der Waals surface area (Å²) in [5.41, 5.74) is 13.7. The lowest BCUT2D eigenvalue weighted by Crippen LogP contribution is -2.30. The van der Waals surface area contributed by atoms with Crippen molar-refractivity contribution in [3.63, 3.8) is 0 Å². The summed E-state index contributed by atoms with van der Waals surface area (Å²) in [4.78, 5) is 14.8. The van der Waals surface area contributed by atoms with E-state index in [9.17, 15) is 9.18 Å².